The van der Waals surface area contributed by atoms with Gasteiger partial charge in [0.05, 0.1) is 0 Å². The zero-order valence-corrected chi connectivity index (χ0v) is 10.3. The van der Waals surface area contributed by atoms with Gasteiger partial charge < -0.3 is 4.90 Å². The van der Waals surface area contributed by atoms with Crippen molar-refractivity contribution < 1.29 is 0 Å². The van der Waals surface area contributed by atoms with E-state index in [1.54, 1.807) is 17.5 Å². The summed E-state index contributed by atoms with van der Waals surface area (Å²) >= 11 is 1.74. The second-order valence-electron chi connectivity index (χ2n) is 3.59. The second kappa shape index (κ2) is 5.41. The Kier molecular flexibility index (Phi) is 3.68. The highest BCUT2D eigenvalue weighted by molar-refractivity contribution is 7.09. The van der Waals surface area contributed by atoms with Crippen molar-refractivity contribution in [1.29, 1.82) is 5.26 Å². The number of anilines is 1. The van der Waals surface area contributed by atoms with Crippen molar-refractivity contribution >= 4 is 17.2 Å². The molecule has 0 spiro atoms. The second-order valence-corrected chi connectivity index (χ2v) is 4.62. The number of nitrogens with zero attached hydrogens (tertiary/aromatic N) is 4. The van der Waals surface area contributed by atoms with E-state index in [0.29, 0.717) is 11.5 Å². The van der Waals surface area contributed by atoms with E-state index in [1.165, 1.54) is 11.1 Å². The smallest absolute Gasteiger partial charge is 0.183 e. The molecule has 0 aliphatic rings. The number of hydrogen-bond acceptors (Lipinski definition) is 5. The zero-order chi connectivity index (χ0) is 12.1. The topological polar surface area (TPSA) is 52.8 Å². The van der Waals surface area contributed by atoms with E-state index in [4.69, 9.17) is 5.26 Å². The Morgan fingerprint density at radius 1 is 1.41 bits per heavy atom. The molecule has 0 aliphatic carbocycles. The Bertz CT molecular complexity index is 516. The normalized spacial score (nSPS) is 9.88. The average molecular weight is 244 g/mol. The first-order chi connectivity index (χ1) is 8.31. The number of thiophene rings is 1. The summed E-state index contributed by atoms with van der Waals surface area (Å²) in [5.41, 5.74) is 0.376. The van der Waals surface area contributed by atoms with Crippen molar-refractivity contribution in [2.45, 2.75) is 6.42 Å². The van der Waals surface area contributed by atoms with Crippen LogP contribution in [-0.4, -0.2) is 23.6 Å². The minimum atomic E-state index is 0.376. The van der Waals surface area contributed by atoms with E-state index in [2.05, 4.69) is 27.5 Å². The minimum absolute atomic E-state index is 0.376. The van der Waals surface area contributed by atoms with Crippen molar-refractivity contribution in [2.24, 2.45) is 0 Å². The molecular weight excluding hydrogens is 232 g/mol. The van der Waals surface area contributed by atoms with Crippen LogP contribution in [0.1, 0.15) is 10.6 Å². The number of hydrogen-bond donors (Lipinski definition) is 0. The first-order valence-corrected chi connectivity index (χ1v) is 6.14. The maximum absolute atomic E-state index is 8.94. The van der Waals surface area contributed by atoms with Crippen molar-refractivity contribution in [2.75, 3.05) is 18.5 Å². The summed E-state index contributed by atoms with van der Waals surface area (Å²) in [5, 5.41) is 11.0. The van der Waals surface area contributed by atoms with Crippen molar-refractivity contribution in [1.82, 2.24) is 9.97 Å². The van der Waals surface area contributed by atoms with Gasteiger partial charge in [-0.3, -0.25) is 0 Å². The molecule has 17 heavy (non-hydrogen) atoms. The van der Waals surface area contributed by atoms with Gasteiger partial charge in [0.15, 0.2) is 11.5 Å². The number of aromatic nitrogens is 2. The Morgan fingerprint density at radius 3 is 2.94 bits per heavy atom. The molecular formula is C12H12N4S. The van der Waals surface area contributed by atoms with Gasteiger partial charge in [-0.15, -0.1) is 11.3 Å². The van der Waals surface area contributed by atoms with Gasteiger partial charge in [0, 0.05) is 30.9 Å². The molecule has 2 rings (SSSR count). The number of rotatable bonds is 4. The van der Waals surface area contributed by atoms with Gasteiger partial charge in [0.1, 0.15) is 6.07 Å². The van der Waals surface area contributed by atoms with E-state index in [9.17, 15) is 0 Å². The molecule has 2 heterocycles. The summed E-state index contributed by atoms with van der Waals surface area (Å²) in [7, 11) is 1.93. The predicted molar refractivity (Wildman–Crippen MR) is 68.0 cm³/mol. The minimum Gasteiger partial charge on any atom is -0.357 e. The molecule has 0 radical (unpaired) electrons. The summed E-state index contributed by atoms with van der Waals surface area (Å²) in [6, 6.07) is 6.21. The maximum atomic E-state index is 8.94. The van der Waals surface area contributed by atoms with Gasteiger partial charge in [0.25, 0.3) is 0 Å². The zero-order valence-electron chi connectivity index (χ0n) is 9.50. The molecule has 86 valence electrons. The quantitative estimate of drug-likeness (QED) is 0.826. The SMILES string of the molecule is CN(CCc1cccs1)c1nccnc1C#N. The summed E-state index contributed by atoms with van der Waals surface area (Å²) in [4.78, 5) is 11.5. The third kappa shape index (κ3) is 2.80. The van der Waals surface area contributed by atoms with Gasteiger partial charge in [-0.05, 0) is 17.9 Å². The lowest BCUT2D eigenvalue weighted by Crippen LogP contribution is -2.22. The summed E-state index contributed by atoms with van der Waals surface area (Å²) in [6.07, 6.45) is 4.10. The molecule has 0 saturated heterocycles. The number of likely N-dealkylation sites (N-methyl/N-ethyl adjacent to an activating group) is 1. The van der Waals surface area contributed by atoms with Crippen LogP contribution in [0, 0.1) is 11.3 Å². The van der Waals surface area contributed by atoms with Crippen LogP contribution in [0.4, 0.5) is 5.82 Å². The highest BCUT2D eigenvalue weighted by atomic mass is 32.1. The van der Waals surface area contributed by atoms with Crippen LogP contribution in [0.15, 0.2) is 29.9 Å². The Hall–Kier alpha value is -1.93. The van der Waals surface area contributed by atoms with Crippen LogP contribution in [0.25, 0.3) is 0 Å². The molecule has 0 aliphatic heterocycles. The Morgan fingerprint density at radius 2 is 2.24 bits per heavy atom. The van der Waals surface area contributed by atoms with E-state index in [1.807, 2.05) is 18.0 Å². The van der Waals surface area contributed by atoms with Crippen molar-refractivity contribution in [3.63, 3.8) is 0 Å². The lowest BCUT2D eigenvalue weighted by atomic mass is 10.3. The van der Waals surface area contributed by atoms with Gasteiger partial charge in [-0.25, -0.2) is 9.97 Å². The van der Waals surface area contributed by atoms with Crippen LogP contribution < -0.4 is 4.90 Å². The van der Waals surface area contributed by atoms with Gasteiger partial charge in [0.2, 0.25) is 0 Å². The first-order valence-electron chi connectivity index (χ1n) is 5.26. The molecule has 4 nitrogen and oxygen atoms in total. The largest absolute Gasteiger partial charge is 0.357 e. The lowest BCUT2D eigenvalue weighted by molar-refractivity contribution is 0.860. The standard InChI is InChI=1S/C12H12N4S/c1-16(7-4-10-3-2-8-17-10)12-11(9-13)14-5-6-15-12/h2-3,5-6,8H,4,7H2,1H3. The van der Waals surface area contributed by atoms with Crippen LogP contribution in [0.5, 0.6) is 0 Å². The molecule has 2 aromatic rings. The van der Waals surface area contributed by atoms with Crippen LogP contribution >= 0.6 is 11.3 Å². The van der Waals surface area contributed by atoms with Crippen LogP contribution in [0.2, 0.25) is 0 Å². The molecule has 0 bridgehead atoms. The molecule has 0 fully saturated rings. The summed E-state index contributed by atoms with van der Waals surface area (Å²) < 4.78 is 0. The number of nitriles is 1. The van der Waals surface area contributed by atoms with Gasteiger partial charge in [-0.2, -0.15) is 5.26 Å². The molecule has 0 aromatic carbocycles. The molecule has 0 unspecified atom stereocenters. The molecule has 0 saturated carbocycles. The summed E-state index contributed by atoms with van der Waals surface area (Å²) in [5.74, 6) is 0.645. The van der Waals surface area contributed by atoms with E-state index >= 15 is 0 Å². The fraction of sp³-hybridized carbons (Fsp3) is 0.250. The predicted octanol–water partition coefficient (Wildman–Crippen LogP) is 2.09. The third-order valence-corrected chi connectivity index (χ3v) is 3.36. The van der Waals surface area contributed by atoms with Gasteiger partial charge in [-0.1, -0.05) is 6.07 Å². The maximum Gasteiger partial charge on any atom is 0.183 e. The fourth-order valence-corrected chi connectivity index (χ4v) is 2.23. The molecule has 5 heteroatoms. The van der Waals surface area contributed by atoms with E-state index < -0.39 is 0 Å². The fourth-order valence-electron chi connectivity index (χ4n) is 1.53. The van der Waals surface area contributed by atoms with Crippen LogP contribution in [0.3, 0.4) is 0 Å². The van der Waals surface area contributed by atoms with Crippen molar-refractivity contribution in [3.8, 4) is 6.07 Å². The molecule has 0 N–H and O–H groups in total. The highest BCUT2D eigenvalue weighted by Crippen LogP contribution is 2.14. The van der Waals surface area contributed by atoms with Gasteiger partial charge >= 0.3 is 0 Å². The lowest BCUT2D eigenvalue weighted by Gasteiger charge is -2.17. The Labute approximate surface area is 104 Å². The van der Waals surface area contributed by atoms with E-state index in [0.717, 1.165) is 13.0 Å². The monoisotopic (exact) mass is 244 g/mol. The molecule has 2 aromatic heterocycles. The van der Waals surface area contributed by atoms with E-state index in [-0.39, 0.29) is 0 Å². The first kappa shape index (κ1) is 11.6. The molecule has 0 atom stereocenters. The van der Waals surface area contributed by atoms with Crippen molar-refractivity contribution in [3.05, 3.63) is 40.5 Å². The highest BCUT2D eigenvalue weighted by Gasteiger charge is 2.09. The third-order valence-electron chi connectivity index (χ3n) is 2.42. The van der Waals surface area contributed by atoms with Crippen LogP contribution in [-0.2, 0) is 6.42 Å². The Balaban J connectivity index is 2.05. The summed E-state index contributed by atoms with van der Waals surface area (Å²) in [6.45, 7) is 0.827. The average Bonchev–Trinajstić information content (AvgIpc) is 2.89. The molecule has 0 amide bonds.